The fourth-order valence-corrected chi connectivity index (χ4v) is 3.33. The van der Waals surface area contributed by atoms with E-state index in [4.69, 9.17) is 0 Å². The van der Waals surface area contributed by atoms with Crippen molar-refractivity contribution in [3.05, 3.63) is 47.2 Å². The van der Waals surface area contributed by atoms with Crippen LogP contribution in [0.1, 0.15) is 44.6 Å². The molecule has 0 radical (unpaired) electrons. The van der Waals surface area contributed by atoms with Gasteiger partial charge in [-0.15, -0.1) is 0 Å². The summed E-state index contributed by atoms with van der Waals surface area (Å²) < 4.78 is 0. The molecule has 3 nitrogen and oxygen atoms in total. The summed E-state index contributed by atoms with van der Waals surface area (Å²) >= 11 is 0. The van der Waals surface area contributed by atoms with Gasteiger partial charge in [-0.2, -0.15) is 0 Å². The second-order valence-electron chi connectivity index (χ2n) is 6.55. The Bertz CT molecular complexity index is 599. The molecule has 1 aliphatic heterocycles. The van der Waals surface area contributed by atoms with Gasteiger partial charge in [0.05, 0.1) is 0 Å². The van der Waals surface area contributed by atoms with Crippen LogP contribution in [0.4, 0.5) is 0 Å². The van der Waals surface area contributed by atoms with E-state index in [1.165, 1.54) is 0 Å². The molecule has 1 N–H and O–H groups in total. The molecule has 0 saturated carbocycles. The first-order chi connectivity index (χ1) is 9.46. The third-order valence-corrected chi connectivity index (χ3v) is 4.15. The van der Waals surface area contributed by atoms with E-state index in [2.05, 4.69) is 19.2 Å². The smallest absolute Gasteiger partial charge is 0.225 e. The maximum atomic E-state index is 12.5. The van der Waals surface area contributed by atoms with Crippen LogP contribution in [0.5, 0.6) is 0 Å². The van der Waals surface area contributed by atoms with Crippen molar-refractivity contribution in [2.24, 2.45) is 5.41 Å². The summed E-state index contributed by atoms with van der Waals surface area (Å²) in [6.07, 6.45) is 1.70. The van der Waals surface area contributed by atoms with Gasteiger partial charge in [-0.3, -0.25) is 9.59 Å². The van der Waals surface area contributed by atoms with Gasteiger partial charge in [0.2, 0.25) is 5.91 Å². The molecule has 0 spiro atoms. The van der Waals surface area contributed by atoms with Gasteiger partial charge in [0.1, 0.15) is 0 Å². The minimum Gasteiger partial charge on any atom is -0.329 e. The standard InChI is InChI=1S/C17H19NO2/c1-17(2)9-13-16(14(19)10-17)12(8-15(20)18-13)11-6-4-3-5-7-11/h3-7,12H,8-10H2,1-2H3,(H,18,20)/t12-/m1/s1. The molecule has 3 rings (SSSR count). The number of hydrogen-bond donors (Lipinski definition) is 1. The topological polar surface area (TPSA) is 46.2 Å². The molecule has 1 heterocycles. The average molecular weight is 269 g/mol. The van der Waals surface area contributed by atoms with Gasteiger partial charge in [0.25, 0.3) is 0 Å². The lowest BCUT2D eigenvalue weighted by molar-refractivity contribution is -0.122. The molecule has 0 saturated heterocycles. The Labute approximate surface area is 119 Å². The van der Waals surface area contributed by atoms with Crippen LogP contribution in [0.3, 0.4) is 0 Å². The Hall–Kier alpha value is -1.90. The largest absolute Gasteiger partial charge is 0.329 e. The second kappa shape index (κ2) is 4.58. The first kappa shape index (κ1) is 13.1. The van der Waals surface area contributed by atoms with Crippen molar-refractivity contribution in [3.8, 4) is 0 Å². The number of Topliss-reactive ketones (excluding diaryl/α,β-unsaturated/α-hetero) is 1. The highest BCUT2D eigenvalue weighted by Crippen LogP contribution is 2.43. The monoisotopic (exact) mass is 269 g/mol. The number of carbonyl (C=O) groups is 2. The number of nitrogens with one attached hydrogen (secondary N) is 1. The minimum atomic E-state index is -0.0800. The predicted octanol–water partition coefficient (Wildman–Crippen LogP) is 2.93. The number of carbonyl (C=O) groups excluding carboxylic acids is 2. The van der Waals surface area contributed by atoms with E-state index in [0.29, 0.717) is 12.8 Å². The van der Waals surface area contributed by atoms with E-state index in [9.17, 15) is 9.59 Å². The number of allylic oxidation sites excluding steroid dienone is 2. The van der Waals surface area contributed by atoms with Crippen LogP contribution in [0.15, 0.2) is 41.6 Å². The molecule has 1 aromatic rings. The highest BCUT2D eigenvalue weighted by Gasteiger charge is 2.40. The van der Waals surface area contributed by atoms with Gasteiger partial charge in [-0.1, -0.05) is 44.2 Å². The maximum Gasteiger partial charge on any atom is 0.225 e. The average Bonchev–Trinajstić information content (AvgIpc) is 2.36. The maximum absolute atomic E-state index is 12.5. The highest BCUT2D eigenvalue weighted by molar-refractivity contribution is 6.02. The van der Waals surface area contributed by atoms with Crippen molar-refractivity contribution in [2.75, 3.05) is 0 Å². The number of hydrogen-bond acceptors (Lipinski definition) is 2. The van der Waals surface area contributed by atoms with E-state index in [1.807, 2.05) is 30.3 Å². The van der Waals surface area contributed by atoms with E-state index < -0.39 is 0 Å². The van der Waals surface area contributed by atoms with Gasteiger partial charge in [-0.25, -0.2) is 0 Å². The van der Waals surface area contributed by atoms with E-state index in [1.54, 1.807) is 0 Å². The van der Waals surface area contributed by atoms with Crippen molar-refractivity contribution in [1.82, 2.24) is 5.32 Å². The quantitative estimate of drug-likeness (QED) is 0.852. The molecular formula is C17H19NO2. The third kappa shape index (κ3) is 2.28. The second-order valence-corrected chi connectivity index (χ2v) is 6.55. The highest BCUT2D eigenvalue weighted by atomic mass is 16.2. The number of benzene rings is 1. The molecule has 1 amide bonds. The van der Waals surface area contributed by atoms with Crippen LogP contribution in [-0.4, -0.2) is 11.7 Å². The molecule has 3 heteroatoms. The zero-order valence-electron chi connectivity index (χ0n) is 11.9. The summed E-state index contributed by atoms with van der Waals surface area (Å²) in [6, 6.07) is 9.87. The molecule has 1 aromatic carbocycles. The van der Waals surface area contributed by atoms with Gasteiger partial charge in [-0.05, 0) is 17.4 Å². The van der Waals surface area contributed by atoms with Crippen molar-refractivity contribution in [1.29, 1.82) is 0 Å². The van der Waals surface area contributed by atoms with Crippen LogP contribution in [0.2, 0.25) is 0 Å². The lowest BCUT2D eigenvalue weighted by Gasteiger charge is -2.37. The predicted molar refractivity (Wildman–Crippen MR) is 77.0 cm³/mol. The van der Waals surface area contributed by atoms with Crippen LogP contribution in [0, 0.1) is 5.41 Å². The van der Waals surface area contributed by atoms with Crippen LogP contribution >= 0.6 is 0 Å². The lowest BCUT2D eigenvalue weighted by Crippen LogP contribution is -2.40. The minimum absolute atomic E-state index is 0.0168. The zero-order valence-corrected chi connectivity index (χ0v) is 11.9. The van der Waals surface area contributed by atoms with Gasteiger partial charge in [0, 0.05) is 30.0 Å². The summed E-state index contributed by atoms with van der Waals surface area (Å²) in [7, 11) is 0. The van der Waals surface area contributed by atoms with Crippen molar-refractivity contribution in [3.63, 3.8) is 0 Å². The molecule has 0 bridgehead atoms. The zero-order chi connectivity index (χ0) is 14.3. The van der Waals surface area contributed by atoms with Gasteiger partial charge in [0.15, 0.2) is 5.78 Å². The Balaban J connectivity index is 2.07. The summed E-state index contributed by atoms with van der Waals surface area (Å²) in [5.74, 6) is 0.122. The third-order valence-electron chi connectivity index (χ3n) is 4.15. The Morgan fingerprint density at radius 2 is 1.80 bits per heavy atom. The molecule has 1 atom stereocenters. The number of rotatable bonds is 1. The Kier molecular flexibility index (Phi) is 3.00. The van der Waals surface area contributed by atoms with Crippen molar-refractivity contribution >= 4 is 11.7 Å². The molecular weight excluding hydrogens is 250 g/mol. The lowest BCUT2D eigenvalue weighted by atomic mass is 9.70. The van der Waals surface area contributed by atoms with Gasteiger partial charge >= 0.3 is 0 Å². The fraction of sp³-hybridized carbons (Fsp3) is 0.412. The Morgan fingerprint density at radius 3 is 2.50 bits per heavy atom. The first-order valence-electron chi connectivity index (χ1n) is 7.07. The van der Waals surface area contributed by atoms with Crippen LogP contribution in [-0.2, 0) is 9.59 Å². The molecule has 104 valence electrons. The molecule has 0 unspecified atom stereocenters. The van der Waals surface area contributed by atoms with Crippen LogP contribution < -0.4 is 5.32 Å². The van der Waals surface area contributed by atoms with Crippen molar-refractivity contribution < 1.29 is 9.59 Å². The van der Waals surface area contributed by atoms with Gasteiger partial charge < -0.3 is 5.32 Å². The summed E-state index contributed by atoms with van der Waals surface area (Å²) in [4.78, 5) is 24.5. The summed E-state index contributed by atoms with van der Waals surface area (Å²) in [5.41, 5.74) is 2.66. The van der Waals surface area contributed by atoms with Crippen molar-refractivity contribution in [2.45, 2.75) is 39.0 Å². The summed E-state index contributed by atoms with van der Waals surface area (Å²) in [5, 5.41) is 2.92. The molecule has 20 heavy (non-hydrogen) atoms. The van der Waals surface area contributed by atoms with E-state index in [0.717, 1.165) is 23.3 Å². The molecule has 2 aliphatic rings. The van der Waals surface area contributed by atoms with E-state index >= 15 is 0 Å². The summed E-state index contributed by atoms with van der Waals surface area (Å²) in [6.45, 7) is 4.15. The first-order valence-corrected chi connectivity index (χ1v) is 7.07. The SMILES string of the molecule is CC1(C)CC(=O)C2=C(C1)NC(=O)C[C@@H]2c1ccccc1. The molecule has 0 aromatic heterocycles. The molecule has 1 aliphatic carbocycles. The van der Waals surface area contributed by atoms with E-state index in [-0.39, 0.29) is 23.0 Å². The molecule has 0 fully saturated rings. The number of amides is 1. The fourth-order valence-electron chi connectivity index (χ4n) is 3.33. The van der Waals surface area contributed by atoms with Crippen LogP contribution in [0.25, 0.3) is 0 Å². The number of ketones is 1. The normalized spacial score (nSPS) is 25.2. The Morgan fingerprint density at radius 1 is 1.10 bits per heavy atom.